The lowest BCUT2D eigenvalue weighted by molar-refractivity contribution is 0.278. The summed E-state index contributed by atoms with van der Waals surface area (Å²) in [6.07, 6.45) is 0.861. The molecule has 1 N–H and O–H groups in total. The van der Waals surface area contributed by atoms with E-state index in [-0.39, 0.29) is 0 Å². The van der Waals surface area contributed by atoms with Crippen molar-refractivity contribution < 1.29 is 5.11 Å². The Bertz CT molecular complexity index is 40.7. The Morgan fingerprint density at radius 3 is 2.43 bits per heavy atom. The van der Waals surface area contributed by atoms with Gasteiger partial charge >= 0.3 is 0 Å². The Hall–Kier alpha value is 0.350. The van der Waals surface area contributed by atoms with E-state index >= 15 is 0 Å². The van der Waals surface area contributed by atoms with Crippen molar-refractivity contribution in [2.45, 2.75) is 6.42 Å². The fourth-order valence-electron chi connectivity index (χ4n) is 0.320. The van der Waals surface area contributed by atoms with E-state index in [1.807, 2.05) is 11.7 Å². The molecular formula is C4H12NOP. The van der Waals surface area contributed by atoms with Crippen LogP contribution < -0.4 is 0 Å². The second-order valence-corrected chi connectivity index (χ2v) is 2.44. The van der Waals surface area contributed by atoms with E-state index in [0.29, 0.717) is 6.61 Å². The van der Waals surface area contributed by atoms with Gasteiger partial charge in [-0.25, -0.2) is 0 Å². The van der Waals surface area contributed by atoms with Gasteiger partial charge in [0.25, 0.3) is 0 Å². The van der Waals surface area contributed by atoms with Gasteiger partial charge in [-0.15, -0.1) is 0 Å². The van der Waals surface area contributed by atoms with Crippen LogP contribution >= 0.6 is 9.39 Å². The van der Waals surface area contributed by atoms with Gasteiger partial charge in [-0.1, -0.05) is 9.39 Å². The molecule has 0 aromatic carbocycles. The van der Waals surface area contributed by atoms with Crippen molar-refractivity contribution in [2.75, 3.05) is 20.2 Å². The third kappa shape index (κ3) is 6.35. The zero-order chi connectivity index (χ0) is 5.70. The molecule has 0 fully saturated rings. The lowest BCUT2D eigenvalue weighted by Crippen LogP contribution is -2.06. The normalized spacial score (nSPS) is 10.3. The van der Waals surface area contributed by atoms with Crippen LogP contribution in [0.2, 0.25) is 0 Å². The Kier molecular flexibility index (Phi) is 4.73. The highest BCUT2D eigenvalue weighted by molar-refractivity contribution is 7.13. The van der Waals surface area contributed by atoms with Gasteiger partial charge in [0.15, 0.2) is 0 Å². The molecule has 3 heteroatoms. The fraction of sp³-hybridized carbons (Fsp3) is 1.00. The number of hydrogen-bond donors (Lipinski definition) is 1. The van der Waals surface area contributed by atoms with Crippen molar-refractivity contribution in [3.05, 3.63) is 0 Å². The van der Waals surface area contributed by atoms with E-state index in [0.717, 1.165) is 13.0 Å². The van der Waals surface area contributed by atoms with Gasteiger partial charge in [0.1, 0.15) is 0 Å². The van der Waals surface area contributed by atoms with Crippen LogP contribution in [0.3, 0.4) is 0 Å². The van der Waals surface area contributed by atoms with Crippen molar-refractivity contribution in [1.29, 1.82) is 0 Å². The minimum absolute atomic E-state index is 0.290. The van der Waals surface area contributed by atoms with Crippen LogP contribution in [0.1, 0.15) is 6.42 Å². The first-order valence-electron chi connectivity index (χ1n) is 2.34. The third-order valence-corrected chi connectivity index (χ3v) is 0.927. The first-order chi connectivity index (χ1) is 3.27. The molecule has 0 rings (SSSR count). The van der Waals surface area contributed by atoms with Gasteiger partial charge in [-0.3, -0.25) is 4.67 Å². The molecule has 0 amide bonds. The predicted molar refractivity (Wildman–Crippen MR) is 34.0 cm³/mol. The van der Waals surface area contributed by atoms with E-state index < -0.39 is 0 Å². The first kappa shape index (κ1) is 7.35. The summed E-state index contributed by atoms with van der Waals surface area (Å²) in [5, 5.41) is 8.28. The zero-order valence-corrected chi connectivity index (χ0v) is 5.75. The maximum absolute atomic E-state index is 8.28. The second kappa shape index (κ2) is 4.51. The van der Waals surface area contributed by atoms with Gasteiger partial charge in [-0.05, 0) is 13.5 Å². The number of aliphatic hydroxyl groups excluding tert-OH is 1. The molecule has 0 aliphatic rings. The molecule has 0 aliphatic carbocycles. The van der Waals surface area contributed by atoms with Gasteiger partial charge in [0.05, 0.1) is 0 Å². The van der Waals surface area contributed by atoms with Crippen LogP contribution in [0.4, 0.5) is 0 Å². The molecule has 0 heterocycles. The number of hydrogen-bond acceptors (Lipinski definition) is 2. The molecule has 7 heavy (non-hydrogen) atoms. The lowest BCUT2D eigenvalue weighted by atomic mass is 10.5. The van der Waals surface area contributed by atoms with Crippen LogP contribution in [0.5, 0.6) is 0 Å². The topological polar surface area (TPSA) is 23.5 Å². The van der Waals surface area contributed by atoms with Crippen molar-refractivity contribution in [2.24, 2.45) is 0 Å². The third-order valence-electron chi connectivity index (χ3n) is 0.669. The van der Waals surface area contributed by atoms with E-state index in [4.69, 9.17) is 5.11 Å². The summed E-state index contributed by atoms with van der Waals surface area (Å²) in [5.74, 6) is 0. The molecule has 0 bridgehead atoms. The van der Waals surface area contributed by atoms with Crippen LogP contribution in [0.15, 0.2) is 0 Å². The highest BCUT2D eigenvalue weighted by Gasteiger charge is 1.84. The van der Waals surface area contributed by atoms with Crippen LogP contribution in [-0.4, -0.2) is 30.0 Å². The zero-order valence-electron chi connectivity index (χ0n) is 4.59. The van der Waals surface area contributed by atoms with Gasteiger partial charge in [0, 0.05) is 13.2 Å². The Balaban J connectivity index is 2.68. The first-order valence-corrected chi connectivity index (χ1v) is 2.85. The number of nitrogens with zero attached hydrogens (tertiary/aromatic N) is 1. The predicted octanol–water partition coefficient (Wildman–Crippen LogP) is 0.0907. The van der Waals surface area contributed by atoms with Crippen LogP contribution in [0, 0.1) is 0 Å². The largest absolute Gasteiger partial charge is 0.396 e. The molecule has 2 nitrogen and oxygen atoms in total. The van der Waals surface area contributed by atoms with Gasteiger partial charge in [-0.2, -0.15) is 0 Å². The Morgan fingerprint density at radius 1 is 1.71 bits per heavy atom. The molecule has 1 atom stereocenters. The minimum Gasteiger partial charge on any atom is -0.396 e. The monoisotopic (exact) mass is 121 g/mol. The maximum Gasteiger partial charge on any atom is 0.0443 e. The smallest absolute Gasteiger partial charge is 0.0443 e. The van der Waals surface area contributed by atoms with Crippen LogP contribution in [-0.2, 0) is 0 Å². The average molecular weight is 121 g/mol. The fourth-order valence-corrected chi connectivity index (χ4v) is 0.503. The highest BCUT2D eigenvalue weighted by atomic mass is 31.0. The van der Waals surface area contributed by atoms with E-state index in [9.17, 15) is 0 Å². The molecule has 0 aliphatic heterocycles. The van der Waals surface area contributed by atoms with Crippen molar-refractivity contribution in [1.82, 2.24) is 4.67 Å². The second-order valence-electron chi connectivity index (χ2n) is 1.56. The maximum atomic E-state index is 8.28. The molecule has 1 unspecified atom stereocenters. The molecule has 0 aromatic heterocycles. The van der Waals surface area contributed by atoms with Gasteiger partial charge < -0.3 is 5.11 Å². The summed E-state index contributed by atoms with van der Waals surface area (Å²) in [6, 6.07) is 0. The van der Waals surface area contributed by atoms with E-state index in [1.54, 1.807) is 0 Å². The molecule has 0 aromatic rings. The highest BCUT2D eigenvalue weighted by Crippen LogP contribution is 1.91. The Labute approximate surface area is 46.8 Å². The summed E-state index contributed by atoms with van der Waals surface area (Å²) >= 11 is 0. The van der Waals surface area contributed by atoms with Crippen molar-refractivity contribution >= 4 is 9.39 Å². The molecule has 0 saturated heterocycles. The quantitative estimate of drug-likeness (QED) is 0.535. The van der Waals surface area contributed by atoms with Crippen LogP contribution in [0.25, 0.3) is 0 Å². The number of rotatable bonds is 3. The molecule has 0 saturated carbocycles. The summed E-state index contributed by atoms with van der Waals surface area (Å²) in [4.78, 5) is 0. The van der Waals surface area contributed by atoms with E-state index in [2.05, 4.69) is 9.39 Å². The molecule has 0 radical (unpaired) electrons. The SMILES string of the molecule is CN(P)CCCO. The molecule has 44 valence electrons. The van der Waals surface area contributed by atoms with Crippen molar-refractivity contribution in [3.8, 4) is 0 Å². The summed E-state index contributed by atoms with van der Waals surface area (Å²) < 4.78 is 1.97. The van der Waals surface area contributed by atoms with Crippen molar-refractivity contribution in [3.63, 3.8) is 0 Å². The standard InChI is InChI=1S/C4H12NOP/c1-5(7)3-2-4-6/h6H,2-4,7H2,1H3. The Morgan fingerprint density at radius 2 is 2.29 bits per heavy atom. The summed E-state index contributed by atoms with van der Waals surface area (Å²) in [7, 11) is 4.49. The lowest BCUT2D eigenvalue weighted by Gasteiger charge is -2.05. The van der Waals surface area contributed by atoms with Gasteiger partial charge in [0.2, 0.25) is 0 Å². The van der Waals surface area contributed by atoms with E-state index in [1.165, 1.54) is 0 Å². The summed E-state index contributed by atoms with van der Waals surface area (Å²) in [6.45, 7) is 1.24. The summed E-state index contributed by atoms with van der Waals surface area (Å²) in [5.41, 5.74) is 0. The number of aliphatic hydroxyl groups is 1. The average Bonchev–Trinajstić information content (AvgIpc) is 1.61. The molecular weight excluding hydrogens is 109 g/mol. The minimum atomic E-state index is 0.290. The molecule has 0 spiro atoms.